The SMILES string of the molecule is O=S(=O)(Cl)c1ccc2[nH]c(C3CC3)cc2c1. The van der Waals surface area contributed by atoms with Gasteiger partial charge in [-0.05, 0) is 43.0 Å². The summed E-state index contributed by atoms with van der Waals surface area (Å²) in [6.45, 7) is 0. The standard InChI is InChI=1S/C11H10ClNO2S/c12-16(14,15)9-3-4-10-8(5-9)6-11(13-10)7-1-2-7/h3-7,13H,1-2H2. The van der Waals surface area contributed by atoms with Crippen LogP contribution in [0, 0.1) is 0 Å². The third-order valence-corrected chi connectivity index (χ3v) is 4.26. The minimum Gasteiger partial charge on any atom is -0.358 e. The molecule has 3 rings (SSSR count). The molecule has 0 atom stereocenters. The first-order valence-corrected chi connectivity index (χ1v) is 7.42. The van der Waals surface area contributed by atoms with Gasteiger partial charge in [0.05, 0.1) is 4.90 Å². The summed E-state index contributed by atoms with van der Waals surface area (Å²) in [5.74, 6) is 0.628. The lowest BCUT2D eigenvalue weighted by atomic mass is 10.2. The second-order valence-corrected chi connectivity index (χ2v) is 6.75. The van der Waals surface area contributed by atoms with Crippen LogP contribution in [0.1, 0.15) is 24.5 Å². The molecule has 5 heteroatoms. The Morgan fingerprint density at radius 1 is 1.25 bits per heavy atom. The number of nitrogens with one attached hydrogen (secondary N) is 1. The average Bonchev–Trinajstić information content (AvgIpc) is 2.96. The van der Waals surface area contributed by atoms with E-state index in [1.807, 2.05) is 6.07 Å². The van der Waals surface area contributed by atoms with Crippen LogP contribution in [0.15, 0.2) is 29.2 Å². The van der Waals surface area contributed by atoms with Crippen LogP contribution >= 0.6 is 10.7 Å². The number of fused-ring (bicyclic) bond motifs is 1. The highest BCUT2D eigenvalue weighted by molar-refractivity contribution is 8.13. The highest BCUT2D eigenvalue weighted by atomic mass is 35.7. The lowest BCUT2D eigenvalue weighted by Gasteiger charge is -1.95. The number of benzene rings is 1. The van der Waals surface area contributed by atoms with Crippen molar-refractivity contribution in [2.45, 2.75) is 23.7 Å². The van der Waals surface area contributed by atoms with Crippen molar-refractivity contribution in [3.8, 4) is 0 Å². The van der Waals surface area contributed by atoms with Crippen molar-refractivity contribution in [1.29, 1.82) is 0 Å². The Bertz CT molecular complexity index is 656. The summed E-state index contributed by atoms with van der Waals surface area (Å²) >= 11 is 0. The molecule has 16 heavy (non-hydrogen) atoms. The largest absolute Gasteiger partial charge is 0.358 e. The van der Waals surface area contributed by atoms with Crippen LogP contribution in [0.25, 0.3) is 10.9 Å². The lowest BCUT2D eigenvalue weighted by molar-refractivity contribution is 0.609. The second kappa shape index (κ2) is 3.25. The summed E-state index contributed by atoms with van der Waals surface area (Å²) in [4.78, 5) is 3.45. The molecule has 1 fully saturated rings. The Labute approximate surface area is 97.8 Å². The van der Waals surface area contributed by atoms with Gasteiger partial charge < -0.3 is 4.98 Å². The fourth-order valence-corrected chi connectivity index (χ4v) is 2.69. The van der Waals surface area contributed by atoms with E-state index in [-0.39, 0.29) is 4.90 Å². The van der Waals surface area contributed by atoms with Gasteiger partial charge in [0.25, 0.3) is 9.05 Å². The van der Waals surface area contributed by atoms with Gasteiger partial charge in [-0.25, -0.2) is 8.42 Å². The number of aromatic amines is 1. The highest BCUT2D eigenvalue weighted by Crippen LogP contribution is 2.40. The quantitative estimate of drug-likeness (QED) is 0.839. The molecule has 0 saturated heterocycles. The number of rotatable bonds is 2. The average molecular weight is 256 g/mol. The molecule has 2 aromatic rings. The van der Waals surface area contributed by atoms with Crippen molar-refractivity contribution in [1.82, 2.24) is 4.98 Å². The normalized spacial score (nSPS) is 16.8. The van der Waals surface area contributed by atoms with Gasteiger partial charge in [0.2, 0.25) is 0 Å². The predicted octanol–water partition coefficient (Wildman–Crippen LogP) is 2.97. The molecule has 1 heterocycles. The number of halogens is 1. The van der Waals surface area contributed by atoms with E-state index >= 15 is 0 Å². The molecule has 3 nitrogen and oxygen atoms in total. The van der Waals surface area contributed by atoms with Gasteiger partial charge in [0.1, 0.15) is 0 Å². The Hall–Kier alpha value is -1.00. The molecule has 1 aliphatic rings. The fraction of sp³-hybridized carbons (Fsp3) is 0.273. The molecule has 1 saturated carbocycles. The molecule has 1 aromatic carbocycles. The van der Waals surface area contributed by atoms with E-state index in [1.54, 1.807) is 12.1 Å². The highest BCUT2D eigenvalue weighted by Gasteiger charge is 2.25. The molecule has 0 radical (unpaired) electrons. The first-order chi connectivity index (χ1) is 7.54. The van der Waals surface area contributed by atoms with Gasteiger partial charge in [0, 0.05) is 27.3 Å². The number of aromatic nitrogens is 1. The van der Waals surface area contributed by atoms with E-state index in [0.717, 1.165) is 10.9 Å². The minimum atomic E-state index is -3.63. The van der Waals surface area contributed by atoms with Gasteiger partial charge in [-0.1, -0.05) is 0 Å². The van der Waals surface area contributed by atoms with Gasteiger partial charge in [-0.3, -0.25) is 0 Å². The summed E-state index contributed by atoms with van der Waals surface area (Å²) in [6, 6.07) is 6.91. The first kappa shape index (κ1) is 10.2. The van der Waals surface area contributed by atoms with E-state index in [4.69, 9.17) is 10.7 Å². The fourth-order valence-electron chi connectivity index (χ4n) is 1.90. The van der Waals surface area contributed by atoms with E-state index in [2.05, 4.69) is 4.98 Å². The summed E-state index contributed by atoms with van der Waals surface area (Å²) < 4.78 is 22.4. The van der Waals surface area contributed by atoms with Gasteiger partial charge in [-0.2, -0.15) is 0 Å². The first-order valence-electron chi connectivity index (χ1n) is 5.11. The van der Waals surface area contributed by atoms with Crippen LogP contribution in [0.2, 0.25) is 0 Å². The Balaban J connectivity index is 2.17. The van der Waals surface area contributed by atoms with Crippen molar-refractivity contribution in [2.24, 2.45) is 0 Å². The second-order valence-electron chi connectivity index (χ2n) is 4.19. The Kier molecular flexibility index (Phi) is 2.06. The maximum Gasteiger partial charge on any atom is 0.261 e. The Morgan fingerprint density at radius 2 is 2.00 bits per heavy atom. The number of hydrogen-bond acceptors (Lipinski definition) is 2. The third kappa shape index (κ3) is 1.72. The zero-order valence-corrected chi connectivity index (χ0v) is 9.98. The van der Waals surface area contributed by atoms with Gasteiger partial charge in [-0.15, -0.1) is 0 Å². The molecule has 0 bridgehead atoms. The van der Waals surface area contributed by atoms with E-state index < -0.39 is 9.05 Å². The predicted molar refractivity (Wildman–Crippen MR) is 63.3 cm³/mol. The maximum absolute atomic E-state index is 11.2. The summed E-state index contributed by atoms with van der Waals surface area (Å²) in [5, 5.41) is 0.906. The van der Waals surface area contributed by atoms with Gasteiger partial charge in [0.15, 0.2) is 0 Å². The zero-order chi connectivity index (χ0) is 11.3. The molecular weight excluding hydrogens is 246 g/mol. The van der Waals surface area contributed by atoms with Crippen LogP contribution in [-0.2, 0) is 9.05 Å². The van der Waals surface area contributed by atoms with Crippen LogP contribution in [0.4, 0.5) is 0 Å². The number of hydrogen-bond donors (Lipinski definition) is 1. The van der Waals surface area contributed by atoms with Crippen molar-refractivity contribution in [3.63, 3.8) is 0 Å². The lowest BCUT2D eigenvalue weighted by Crippen LogP contribution is -1.88. The molecule has 1 N–H and O–H groups in total. The van der Waals surface area contributed by atoms with E-state index in [9.17, 15) is 8.42 Å². The van der Waals surface area contributed by atoms with Crippen LogP contribution < -0.4 is 0 Å². The van der Waals surface area contributed by atoms with Crippen LogP contribution in [-0.4, -0.2) is 13.4 Å². The molecule has 1 aliphatic carbocycles. The number of H-pyrrole nitrogens is 1. The maximum atomic E-state index is 11.2. The van der Waals surface area contributed by atoms with Crippen molar-refractivity contribution in [3.05, 3.63) is 30.0 Å². The zero-order valence-electron chi connectivity index (χ0n) is 8.40. The topological polar surface area (TPSA) is 49.9 Å². The molecule has 0 aliphatic heterocycles. The summed E-state index contributed by atoms with van der Waals surface area (Å²) in [7, 11) is 1.67. The molecule has 0 unspecified atom stereocenters. The van der Waals surface area contributed by atoms with Gasteiger partial charge >= 0.3 is 0 Å². The summed E-state index contributed by atoms with van der Waals surface area (Å²) in [5.41, 5.74) is 2.16. The minimum absolute atomic E-state index is 0.156. The third-order valence-electron chi connectivity index (χ3n) is 2.91. The van der Waals surface area contributed by atoms with Crippen molar-refractivity contribution < 1.29 is 8.42 Å². The van der Waals surface area contributed by atoms with Crippen LogP contribution in [0.3, 0.4) is 0 Å². The smallest absolute Gasteiger partial charge is 0.261 e. The molecule has 1 aromatic heterocycles. The molecular formula is C11H10ClNO2S. The monoisotopic (exact) mass is 255 g/mol. The van der Waals surface area contributed by atoms with E-state index in [1.165, 1.54) is 24.6 Å². The van der Waals surface area contributed by atoms with E-state index in [0.29, 0.717) is 5.92 Å². The van der Waals surface area contributed by atoms with Crippen LogP contribution in [0.5, 0.6) is 0 Å². The van der Waals surface area contributed by atoms with Crippen molar-refractivity contribution in [2.75, 3.05) is 0 Å². The molecule has 0 amide bonds. The van der Waals surface area contributed by atoms with Crippen molar-refractivity contribution >= 4 is 30.6 Å². The summed E-state index contributed by atoms with van der Waals surface area (Å²) in [6.07, 6.45) is 2.43. The Morgan fingerprint density at radius 3 is 2.62 bits per heavy atom. The molecule has 84 valence electrons. The molecule has 0 spiro atoms.